The predicted molar refractivity (Wildman–Crippen MR) is 111 cm³/mol. The Hall–Kier alpha value is -3.70. The highest BCUT2D eigenvalue weighted by Crippen LogP contribution is 2.37. The standard InChI is InChI=1S/C22H19F7N4O/c1-4-33(11-16(20(30)34)17-6-5-7-18(23)31-17)32-19(12(2)3)13-8-14(21(24,25)26)10-15(9-13)22(27,28)29/h4-12H,1H2,2-3H3,(H2,30,34)/b16-11+,32-19+. The zero-order valence-corrected chi connectivity index (χ0v) is 17.9. The number of halogens is 7. The maximum absolute atomic E-state index is 13.5. The van der Waals surface area contributed by atoms with Crippen molar-refractivity contribution < 1.29 is 35.5 Å². The second kappa shape index (κ2) is 10.1. The van der Waals surface area contributed by atoms with E-state index in [9.17, 15) is 35.5 Å². The molecule has 0 atom stereocenters. The zero-order valence-electron chi connectivity index (χ0n) is 17.9. The monoisotopic (exact) mass is 488 g/mol. The molecular formula is C22H19F7N4O. The molecule has 0 saturated carbocycles. The molecule has 1 aromatic heterocycles. The van der Waals surface area contributed by atoms with Gasteiger partial charge in [0.05, 0.1) is 28.1 Å². The number of hydrogen-bond donors (Lipinski definition) is 1. The van der Waals surface area contributed by atoms with E-state index in [2.05, 4.69) is 16.7 Å². The van der Waals surface area contributed by atoms with Gasteiger partial charge in [-0.3, -0.25) is 4.79 Å². The molecule has 12 heteroatoms. The van der Waals surface area contributed by atoms with Gasteiger partial charge in [0.25, 0.3) is 5.91 Å². The van der Waals surface area contributed by atoms with E-state index < -0.39 is 46.8 Å². The fourth-order valence-corrected chi connectivity index (χ4v) is 2.80. The van der Waals surface area contributed by atoms with Crippen molar-refractivity contribution >= 4 is 17.2 Å². The molecule has 1 aromatic carbocycles. The lowest BCUT2D eigenvalue weighted by Crippen LogP contribution is -2.20. The number of amides is 1. The highest BCUT2D eigenvalue weighted by Gasteiger charge is 2.37. The molecular weight excluding hydrogens is 469 g/mol. The second-order valence-corrected chi connectivity index (χ2v) is 7.25. The highest BCUT2D eigenvalue weighted by molar-refractivity contribution is 6.18. The number of hydrogen-bond acceptors (Lipinski definition) is 4. The third kappa shape index (κ3) is 6.65. The van der Waals surface area contributed by atoms with Crippen LogP contribution in [0.15, 0.2) is 60.5 Å². The summed E-state index contributed by atoms with van der Waals surface area (Å²) in [4.78, 5) is 15.4. The molecule has 0 bridgehead atoms. The van der Waals surface area contributed by atoms with Crippen molar-refractivity contribution in [3.8, 4) is 0 Å². The summed E-state index contributed by atoms with van der Waals surface area (Å²) >= 11 is 0. The van der Waals surface area contributed by atoms with Crippen LogP contribution in [0.25, 0.3) is 5.57 Å². The lowest BCUT2D eigenvalue weighted by atomic mass is 9.95. The van der Waals surface area contributed by atoms with Crippen LogP contribution in [0.4, 0.5) is 30.7 Å². The molecule has 5 nitrogen and oxygen atoms in total. The average molecular weight is 488 g/mol. The number of nitrogens with two attached hydrogens (primary N) is 1. The summed E-state index contributed by atoms with van der Waals surface area (Å²) in [6.07, 6.45) is -8.07. The average Bonchev–Trinajstić information content (AvgIpc) is 2.71. The molecule has 2 N–H and O–H groups in total. The Morgan fingerprint density at radius 1 is 1.09 bits per heavy atom. The minimum Gasteiger partial charge on any atom is -0.365 e. The molecule has 182 valence electrons. The molecule has 0 radical (unpaired) electrons. The maximum Gasteiger partial charge on any atom is 0.416 e. The first-order valence-electron chi connectivity index (χ1n) is 9.57. The van der Waals surface area contributed by atoms with Crippen LogP contribution >= 0.6 is 0 Å². The van der Waals surface area contributed by atoms with Crippen LogP contribution in [-0.2, 0) is 17.1 Å². The number of alkyl halides is 6. The van der Waals surface area contributed by atoms with Crippen LogP contribution in [0.1, 0.15) is 36.2 Å². The number of benzene rings is 1. The second-order valence-electron chi connectivity index (χ2n) is 7.25. The number of nitrogens with zero attached hydrogens (tertiary/aromatic N) is 3. The summed E-state index contributed by atoms with van der Waals surface area (Å²) in [5, 5.41) is 4.94. The van der Waals surface area contributed by atoms with Crippen LogP contribution in [0.2, 0.25) is 0 Å². The number of carbonyl (C=O) groups is 1. The summed E-state index contributed by atoms with van der Waals surface area (Å²) in [7, 11) is 0. The topological polar surface area (TPSA) is 71.6 Å². The van der Waals surface area contributed by atoms with Gasteiger partial charge in [-0.05, 0) is 41.8 Å². The van der Waals surface area contributed by atoms with E-state index in [-0.39, 0.29) is 23.0 Å². The lowest BCUT2D eigenvalue weighted by Gasteiger charge is -2.19. The predicted octanol–water partition coefficient (Wildman–Crippen LogP) is 5.59. The molecule has 1 amide bonds. The van der Waals surface area contributed by atoms with Crippen LogP contribution in [0.3, 0.4) is 0 Å². The van der Waals surface area contributed by atoms with Crippen molar-refractivity contribution in [3.63, 3.8) is 0 Å². The molecule has 0 saturated heterocycles. The van der Waals surface area contributed by atoms with E-state index in [0.717, 1.165) is 23.5 Å². The molecule has 0 spiro atoms. The summed E-state index contributed by atoms with van der Waals surface area (Å²) in [6.45, 7) is 6.47. The summed E-state index contributed by atoms with van der Waals surface area (Å²) in [6, 6.07) is 4.65. The number of hydrazone groups is 1. The van der Waals surface area contributed by atoms with Crippen molar-refractivity contribution in [1.29, 1.82) is 0 Å². The third-order valence-corrected chi connectivity index (χ3v) is 4.36. The van der Waals surface area contributed by atoms with Gasteiger partial charge in [-0.25, -0.2) is 9.99 Å². The molecule has 2 rings (SSSR count). The van der Waals surface area contributed by atoms with Crippen LogP contribution in [0, 0.1) is 11.9 Å². The Balaban J connectivity index is 2.70. The van der Waals surface area contributed by atoms with Crippen molar-refractivity contribution in [2.45, 2.75) is 26.2 Å². The van der Waals surface area contributed by atoms with Crippen molar-refractivity contribution in [2.75, 3.05) is 0 Å². The Morgan fingerprint density at radius 3 is 2.06 bits per heavy atom. The quantitative estimate of drug-likeness (QED) is 0.182. The number of rotatable bonds is 7. The Kier molecular flexibility index (Phi) is 7.86. The van der Waals surface area contributed by atoms with Gasteiger partial charge in [-0.1, -0.05) is 26.5 Å². The molecule has 0 aliphatic heterocycles. The minimum atomic E-state index is -5.04. The van der Waals surface area contributed by atoms with E-state index in [0.29, 0.717) is 12.1 Å². The molecule has 34 heavy (non-hydrogen) atoms. The molecule has 0 aliphatic carbocycles. The number of aromatic nitrogens is 1. The van der Waals surface area contributed by atoms with Crippen LogP contribution < -0.4 is 5.73 Å². The summed E-state index contributed by atoms with van der Waals surface area (Å²) in [5.41, 5.74) is 1.20. The van der Waals surface area contributed by atoms with E-state index >= 15 is 0 Å². The fraction of sp³-hybridized carbons (Fsp3) is 0.227. The first-order chi connectivity index (χ1) is 15.6. The van der Waals surface area contributed by atoms with Crippen LogP contribution in [0.5, 0.6) is 0 Å². The summed E-state index contributed by atoms with van der Waals surface area (Å²) < 4.78 is 93.1. The van der Waals surface area contributed by atoms with Gasteiger partial charge in [-0.15, -0.1) is 0 Å². The molecule has 0 aliphatic rings. The van der Waals surface area contributed by atoms with Crippen molar-refractivity contribution in [1.82, 2.24) is 9.99 Å². The summed E-state index contributed by atoms with van der Waals surface area (Å²) in [5.74, 6) is -2.61. The fourth-order valence-electron chi connectivity index (χ4n) is 2.80. The smallest absolute Gasteiger partial charge is 0.365 e. The van der Waals surface area contributed by atoms with Gasteiger partial charge in [0, 0.05) is 12.4 Å². The molecule has 0 unspecified atom stereocenters. The van der Waals surface area contributed by atoms with Gasteiger partial charge in [0.15, 0.2) is 0 Å². The minimum absolute atomic E-state index is 0.00737. The van der Waals surface area contributed by atoms with Gasteiger partial charge >= 0.3 is 12.4 Å². The molecule has 0 fully saturated rings. The van der Waals surface area contributed by atoms with Crippen molar-refractivity contribution in [3.05, 3.63) is 83.7 Å². The SMILES string of the molecule is C=CN(/C=C(/C(N)=O)c1cccc(F)n1)/N=C(/c1cc(C(F)(F)F)cc(C(F)(F)F)c1)C(C)C. The van der Waals surface area contributed by atoms with Gasteiger partial charge in [-0.2, -0.15) is 35.8 Å². The van der Waals surface area contributed by atoms with Gasteiger partial charge in [0.2, 0.25) is 5.95 Å². The number of pyridine rings is 1. The Morgan fingerprint density at radius 2 is 1.65 bits per heavy atom. The number of carbonyl (C=O) groups excluding carboxylic acids is 1. The normalized spacial score (nSPS) is 13.2. The lowest BCUT2D eigenvalue weighted by molar-refractivity contribution is -0.143. The van der Waals surface area contributed by atoms with Gasteiger partial charge in [0.1, 0.15) is 0 Å². The first-order valence-corrected chi connectivity index (χ1v) is 9.57. The van der Waals surface area contributed by atoms with Crippen molar-refractivity contribution in [2.24, 2.45) is 16.8 Å². The van der Waals surface area contributed by atoms with E-state index in [1.165, 1.54) is 26.0 Å². The van der Waals surface area contributed by atoms with Gasteiger partial charge < -0.3 is 5.73 Å². The van der Waals surface area contributed by atoms with Crippen LogP contribution in [-0.4, -0.2) is 21.6 Å². The first kappa shape index (κ1) is 26.6. The molecule has 2 aromatic rings. The van der Waals surface area contributed by atoms with E-state index in [1.807, 2.05) is 0 Å². The number of primary amides is 1. The Labute approximate surface area is 190 Å². The third-order valence-electron chi connectivity index (χ3n) is 4.36. The van der Waals surface area contributed by atoms with E-state index in [4.69, 9.17) is 5.73 Å². The molecule has 1 heterocycles. The highest BCUT2D eigenvalue weighted by atomic mass is 19.4. The maximum atomic E-state index is 13.5. The zero-order chi connectivity index (χ0) is 25.8. The van der Waals surface area contributed by atoms with E-state index in [1.54, 1.807) is 0 Å². The largest absolute Gasteiger partial charge is 0.416 e. The Bertz CT molecular complexity index is 1100.